The van der Waals surface area contributed by atoms with E-state index in [1.54, 1.807) is 0 Å². The number of para-hydroxylation sites is 1. The zero-order valence-electron chi connectivity index (χ0n) is 10.4. The molecule has 0 bridgehead atoms. The van der Waals surface area contributed by atoms with Crippen molar-refractivity contribution < 1.29 is 14.3 Å². The van der Waals surface area contributed by atoms with Crippen LogP contribution in [-0.2, 0) is 4.74 Å². The van der Waals surface area contributed by atoms with Crippen LogP contribution >= 0.6 is 11.6 Å². The topological polar surface area (TPSA) is 35.5 Å². The van der Waals surface area contributed by atoms with Crippen LogP contribution in [0.15, 0.2) is 54.6 Å². The van der Waals surface area contributed by atoms with Gasteiger partial charge in [0.15, 0.2) is 0 Å². The molecule has 0 aliphatic carbocycles. The molecule has 0 heterocycles. The van der Waals surface area contributed by atoms with E-state index < -0.39 is 11.7 Å². The van der Waals surface area contributed by atoms with Gasteiger partial charge in [0, 0.05) is 17.2 Å². The van der Waals surface area contributed by atoms with Gasteiger partial charge in [-0.15, -0.1) is 0 Å². The fourth-order valence-corrected chi connectivity index (χ4v) is 1.74. The minimum Gasteiger partial charge on any atom is -0.450 e. The van der Waals surface area contributed by atoms with Crippen molar-refractivity contribution in [3.63, 3.8) is 0 Å². The van der Waals surface area contributed by atoms with Crippen LogP contribution in [0.1, 0.15) is 17.4 Å². The summed E-state index contributed by atoms with van der Waals surface area (Å²) in [7, 11) is 0. The molecule has 0 fully saturated rings. The fraction of sp³-hybridized carbons (Fsp3) is 0.133. The number of rotatable bonds is 4. The second kappa shape index (κ2) is 6.25. The van der Waals surface area contributed by atoms with Gasteiger partial charge in [0.1, 0.15) is 5.75 Å². The third-order valence-corrected chi connectivity index (χ3v) is 2.69. The Hall–Kier alpha value is -2.00. The van der Waals surface area contributed by atoms with Crippen molar-refractivity contribution in [3.05, 3.63) is 65.7 Å². The highest BCUT2D eigenvalue weighted by Crippen LogP contribution is 2.26. The standard InChI is InChI=1S/C15H13ClO3/c1-11-7-5-6-10-13(11)18-14(19-15(16)17)12-8-3-2-4-9-12/h2-10,14H,1H3. The second-order valence-corrected chi connectivity index (χ2v) is 4.29. The average Bonchev–Trinajstić information content (AvgIpc) is 2.41. The van der Waals surface area contributed by atoms with Crippen LogP contribution in [0.2, 0.25) is 0 Å². The highest BCUT2D eigenvalue weighted by molar-refractivity contribution is 6.61. The van der Waals surface area contributed by atoms with E-state index >= 15 is 0 Å². The lowest BCUT2D eigenvalue weighted by Gasteiger charge is -2.19. The summed E-state index contributed by atoms with van der Waals surface area (Å²) in [5.74, 6) is 0.647. The molecule has 2 aromatic rings. The SMILES string of the molecule is Cc1ccccc1OC(OC(=O)Cl)c1ccccc1. The van der Waals surface area contributed by atoms with Crippen molar-refractivity contribution in [2.24, 2.45) is 0 Å². The first-order valence-electron chi connectivity index (χ1n) is 5.80. The highest BCUT2D eigenvalue weighted by atomic mass is 35.5. The fourth-order valence-electron chi connectivity index (χ4n) is 1.66. The molecule has 0 aliphatic rings. The normalized spacial score (nSPS) is 11.7. The molecular formula is C15H13ClO3. The van der Waals surface area contributed by atoms with Gasteiger partial charge in [0.2, 0.25) is 0 Å². The summed E-state index contributed by atoms with van der Waals surface area (Å²) in [5.41, 5.74) is 0.774. The van der Waals surface area contributed by atoms with Crippen LogP contribution in [0.4, 0.5) is 4.79 Å². The number of carbonyl (C=O) groups excluding carboxylic acids is 1. The zero-order valence-corrected chi connectivity index (χ0v) is 11.1. The lowest BCUT2D eigenvalue weighted by Crippen LogP contribution is -2.13. The summed E-state index contributed by atoms with van der Waals surface area (Å²) in [5, 5.41) is 0. The van der Waals surface area contributed by atoms with Crippen molar-refractivity contribution >= 4 is 17.0 Å². The summed E-state index contributed by atoms with van der Waals surface area (Å²) >= 11 is 5.29. The van der Waals surface area contributed by atoms with E-state index in [4.69, 9.17) is 21.1 Å². The first-order chi connectivity index (χ1) is 9.16. The van der Waals surface area contributed by atoms with Crippen molar-refractivity contribution in [2.45, 2.75) is 13.2 Å². The molecule has 0 saturated heterocycles. The summed E-state index contributed by atoms with van der Waals surface area (Å²) in [6.45, 7) is 1.92. The van der Waals surface area contributed by atoms with Crippen LogP contribution in [0.25, 0.3) is 0 Å². The Morgan fingerprint density at radius 3 is 2.32 bits per heavy atom. The van der Waals surface area contributed by atoms with Crippen molar-refractivity contribution in [2.75, 3.05) is 0 Å². The van der Waals surface area contributed by atoms with Crippen LogP contribution in [0, 0.1) is 6.92 Å². The van der Waals surface area contributed by atoms with Crippen LogP contribution in [-0.4, -0.2) is 5.43 Å². The monoisotopic (exact) mass is 276 g/mol. The molecule has 3 nitrogen and oxygen atoms in total. The number of hydrogen-bond donors (Lipinski definition) is 0. The predicted molar refractivity (Wildman–Crippen MR) is 73.3 cm³/mol. The van der Waals surface area contributed by atoms with Crippen molar-refractivity contribution in [1.82, 2.24) is 0 Å². The Morgan fingerprint density at radius 1 is 1.05 bits per heavy atom. The largest absolute Gasteiger partial charge is 0.450 e. The molecule has 1 unspecified atom stereocenters. The quantitative estimate of drug-likeness (QED) is 0.611. The lowest BCUT2D eigenvalue weighted by molar-refractivity contribution is -0.0241. The first kappa shape index (κ1) is 13.4. The Balaban J connectivity index is 2.24. The Kier molecular flexibility index (Phi) is 4.42. The molecule has 2 aromatic carbocycles. The number of benzene rings is 2. The molecule has 0 radical (unpaired) electrons. The summed E-state index contributed by atoms with van der Waals surface area (Å²) in [4.78, 5) is 11.0. The molecule has 0 N–H and O–H groups in total. The molecule has 0 spiro atoms. The van der Waals surface area contributed by atoms with E-state index in [9.17, 15) is 4.79 Å². The van der Waals surface area contributed by atoms with Gasteiger partial charge in [-0.3, -0.25) is 0 Å². The molecule has 0 aliphatic heterocycles. The molecule has 4 heteroatoms. The Morgan fingerprint density at radius 2 is 1.68 bits per heavy atom. The van der Waals surface area contributed by atoms with Crippen LogP contribution in [0.3, 0.4) is 0 Å². The van der Waals surface area contributed by atoms with Crippen molar-refractivity contribution in [3.8, 4) is 5.75 Å². The van der Waals surface area contributed by atoms with Gasteiger partial charge in [-0.1, -0.05) is 48.5 Å². The minimum atomic E-state index is -0.901. The van der Waals surface area contributed by atoms with Gasteiger partial charge in [-0.05, 0) is 18.6 Å². The molecular weight excluding hydrogens is 264 g/mol. The minimum absolute atomic E-state index is 0.647. The van der Waals surface area contributed by atoms with E-state index in [-0.39, 0.29) is 0 Å². The summed E-state index contributed by atoms with van der Waals surface area (Å²) in [6, 6.07) is 16.7. The Labute approximate surface area is 116 Å². The van der Waals surface area contributed by atoms with Crippen LogP contribution < -0.4 is 4.74 Å². The van der Waals surface area contributed by atoms with Gasteiger partial charge in [0.25, 0.3) is 6.29 Å². The number of hydrogen-bond acceptors (Lipinski definition) is 3. The third-order valence-electron chi connectivity index (χ3n) is 2.60. The van der Waals surface area contributed by atoms with Crippen molar-refractivity contribution in [1.29, 1.82) is 0 Å². The van der Waals surface area contributed by atoms with E-state index in [2.05, 4.69) is 0 Å². The van der Waals surface area contributed by atoms with Gasteiger partial charge in [-0.25, -0.2) is 4.79 Å². The Bertz CT molecular complexity index is 554. The molecule has 2 rings (SSSR count). The van der Waals surface area contributed by atoms with E-state index in [0.29, 0.717) is 5.75 Å². The maximum Gasteiger partial charge on any atom is 0.407 e. The zero-order chi connectivity index (χ0) is 13.7. The summed E-state index contributed by atoms with van der Waals surface area (Å²) in [6.07, 6.45) is -0.854. The van der Waals surface area contributed by atoms with Gasteiger partial charge < -0.3 is 9.47 Å². The average molecular weight is 277 g/mol. The maximum absolute atomic E-state index is 11.0. The number of aryl methyl sites for hydroxylation is 1. The molecule has 98 valence electrons. The molecule has 1 atom stereocenters. The van der Waals surface area contributed by atoms with E-state index in [1.165, 1.54) is 0 Å². The second-order valence-electron chi connectivity index (χ2n) is 3.98. The van der Waals surface area contributed by atoms with Gasteiger partial charge >= 0.3 is 5.43 Å². The molecule has 0 aromatic heterocycles. The molecule has 0 amide bonds. The molecule has 19 heavy (non-hydrogen) atoms. The van der Waals surface area contributed by atoms with E-state index in [1.807, 2.05) is 61.5 Å². The lowest BCUT2D eigenvalue weighted by atomic mass is 10.2. The first-order valence-corrected chi connectivity index (χ1v) is 6.18. The van der Waals surface area contributed by atoms with Gasteiger partial charge in [-0.2, -0.15) is 0 Å². The number of carbonyl (C=O) groups is 1. The van der Waals surface area contributed by atoms with Gasteiger partial charge in [0.05, 0.1) is 0 Å². The summed E-state index contributed by atoms with van der Waals surface area (Å²) < 4.78 is 10.7. The van der Waals surface area contributed by atoms with Crippen LogP contribution in [0.5, 0.6) is 5.75 Å². The smallest absolute Gasteiger partial charge is 0.407 e. The maximum atomic E-state index is 11.0. The number of ether oxygens (including phenoxy) is 2. The molecule has 0 saturated carbocycles. The van der Waals surface area contributed by atoms with E-state index in [0.717, 1.165) is 11.1 Å². The highest BCUT2D eigenvalue weighted by Gasteiger charge is 2.17. The predicted octanol–water partition coefficient (Wildman–Crippen LogP) is 4.45. The third kappa shape index (κ3) is 3.73. The number of halogens is 1.